The number of halogens is 1. The molecule has 0 fully saturated rings. The molecule has 0 aliphatic heterocycles. The van der Waals surface area contributed by atoms with Crippen molar-refractivity contribution in [3.05, 3.63) is 0 Å². The van der Waals surface area contributed by atoms with Gasteiger partial charge in [-0.3, -0.25) is 9.05 Å². The highest BCUT2D eigenvalue weighted by atomic mass is 35.7. The molecule has 0 aromatic heterocycles. The number of rotatable bonds is 20. The summed E-state index contributed by atoms with van der Waals surface area (Å²) >= 11 is 5.84. The maximum atomic E-state index is 11.9. The van der Waals surface area contributed by atoms with Crippen LogP contribution in [-0.4, -0.2) is 13.2 Å². The molecule has 3 nitrogen and oxygen atoms in total. The van der Waals surface area contributed by atoms with E-state index in [1.54, 1.807) is 0 Å². The molecule has 0 saturated heterocycles. The van der Waals surface area contributed by atoms with Crippen LogP contribution in [0.4, 0.5) is 0 Å². The Morgan fingerprint density at radius 1 is 0.560 bits per heavy atom. The lowest BCUT2D eigenvalue weighted by Gasteiger charge is -2.11. The van der Waals surface area contributed by atoms with Crippen molar-refractivity contribution in [1.29, 1.82) is 0 Å². The minimum absolute atomic E-state index is 0.438. The fraction of sp³-hybridized carbons (Fsp3) is 1.00. The molecule has 0 aliphatic carbocycles. The molecule has 0 heterocycles. The molecule has 0 saturated carbocycles. The summed E-state index contributed by atoms with van der Waals surface area (Å²) < 4.78 is 22.4. The first kappa shape index (κ1) is 25.4. The van der Waals surface area contributed by atoms with Crippen LogP contribution in [0.25, 0.3) is 0 Å². The van der Waals surface area contributed by atoms with E-state index in [9.17, 15) is 4.57 Å². The molecule has 0 aromatic rings. The first-order valence-electron chi connectivity index (χ1n) is 10.7. The van der Waals surface area contributed by atoms with E-state index in [0.717, 1.165) is 25.7 Å². The van der Waals surface area contributed by atoms with Gasteiger partial charge in [0.05, 0.1) is 13.2 Å². The molecular weight excluding hydrogens is 355 g/mol. The third-order valence-electron chi connectivity index (χ3n) is 4.49. The molecule has 25 heavy (non-hydrogen) atoms. The van der Waals surface area contributed by atoms with Gasteiger partial charge in [0.25, 0.3) is 0 Å². The van der Waals surface area contributed by atoms with E-state index in [1.165, 1.54) is 77.0 Å². The molecule has 0 atom stereocenters. The van der Waals surface area contributed by atoms with E-state index < -0.39 is 6.95 Å². The summed E-state index contributed by atoms with van der Waals surface area (Å²) in [6, 6.07) is 0. The van der Waals surface area contributed by atoms with Crippen molar-refractivity contribution in [2.75, 3.05) is 13.2 Å². The van der Waals surface area contributed by atoms with Crippen molar-refractivity contribution in [1.82, 2.24) is 0 Å². The van der Waals surface area contributed by atoms with Gasteiger partial charge in [0.2, 0.25) is 0 Å². The molecule has 0 aliphatic rings. The van der Waals surface area contributed by atoms with Gasteiger partial charge in [-0.15, -0.1) is 0 Å². The topological polar surface area (TPSA) is 35.5 Å². The molecule has 0 spiro atoms. The third-order valence-corrected chi connectivity index (χ3v) is 6.05. The van der Waals surface area contributed by atoms with Crippen LogP contribution in [0.5, 0.6) is 0 Å². The highest BCUT2D eigenvalue weighted by Crippen LogP contribution is 2.53. The quantitative estimate of drug-likeness (QED) is 0.152. The lowest BCUT2D eigenvalue weighted by atomic mass is 10.1. The second-order valence-corrected chi connectivity index (χ2v) is 9.67. The fourth-order valence-electron chi connectivity index (χ4n) is 2.86. The van der Waals surface area contributed by atoms with E-state index >= 15 is 0 Å². The first-order valence-corrected chi connectivity index (χ1v) is 13.2. The Hall–Kier alpha value is 0.440. The van der Waals surface area contributed by atoms with Gasteiger partial charge in [0.15, 0.2) is 0 Å². The first-order chi connectivity index (χ1) is 12.1. The lowest BCUT2D eigenvalue weighted by Crippen LogP contribution is -1.96. The summed E-state index contributed by atoms with van der Waals surface area (Å²) in [7, 11) is 0. The van der Waals surface area contributed by atoms with Gasteiger partial charge in [-0.25, -0.2) is 4.57 Å². The average Bonchev–Trinajstić information content (AvgIpc) is 2.59. The smallest absolute Gasteiger partial charge is 0.297 e. The maximum absolute atomic E-state index is 11.9. The van der Waals surface area contributed by atoms with E-state index in [-0.39, 0.29) is 0 Å². The zero-order valence-corrected chi connectivity index (χ0v) is 18.4. The van der Waals surface area contributed by atoms with Crippen molar-refractivity contribution >= 4 is 18.2 Å². The number of hydrogen-bond donors (Lipinski definition) is 0. The van der Waals surface area contributed by atoms with Crippen LogP contribution < -0.4 is 0 Å². The van der Waals surface area contributed by atoms with E-state index in [4.69, 9.17) is 20.3 Å². The summed E-state index contributed by atoms with van der Waals surface area (Å²) in [5.41, 5.74) is 0. The van der Waals surface area contributed by atoms with Gasteiger partial charge in [-0.1, -0.05) is 104 Å². The molecule has 0 amide bonds. The van der Waals surface area contributed by atoms with Crippen molar-refractivity contribution in [2.45, 2.75) is 117 Å². The van der Waals surface area contributed by atoms with Gasteiger partial charge < -0.3 is 0 Å². The van der Waals surface area contributed by atoms with Gasteiger partial charge in [0.1, 0.15) is 0 Å². The van der Waals surface area contributed by atoms with Crippen LogP contribution in [0.2, 0.25) is 0 Å². The molecule has 0 unspecified atom stereocenters. The SMILES string of the molecule is CCCCCCCCCCOP(=O)(Cl)OCCCCCCCCCC. The Morgan fingerprint density at radius 3 is 1.16 bits per heavy atom. The zero-order valence-electron chi connectivity index (χ0n) is 16.8. The molecule has 0 N–H and O–H groups in total. The Kier molecular flexibility index (Phi) is 19.5. The Morgan fingerprint density at radius 2 is 0.840 bits per heavy atom. The number of unbranched alkanes of at least 4 members (excludes halogenated alkanes) is 14. The minimum atomic E-state index is -3.36. The third kappa shape index (κ3) is 20.6. The van der Waals surface area contributed by atoms with Crippen molar-refractivity contribution in [3.8, 4) is 0 Å². The maximum Gasteiger partial charge on any atom is 0.424 e. The molecule has 0 bridgehead atoms. The van der Waals surface area contributed by atoms with Gasteiger partial charge >= 0.3 is 6.95 Å². The van der Waals surface area contributed by atoms with Gasteiger partial charge in [-0.05, 0) is 12.8 Å². The van der Waals surface area contributed by atoms with E-state index in [1.807, 2.05) is 0 Å². The average molecular weight is 397 g/mol. The molecule has 0 aromatic carbocycles. The van der Waals surface area contributed by atoms with Crippen LogP contribution in [-0.2, 0) is 13.6 Å². The van der Waals surface area contributed by atoms with Crippen molar-refractivity contribution in [2.24, 2.45) is 0 Å². The molecule has 152 valence electrons. The summed E-state index contributed by atoms with van der Waals surface area (Å²) in [5, 5.41) is 0. The van der Waals surface area contributed by atoms with Crippen LogP contribution in [0.1, 0.15) is 117 Å². The number of hydrogen-bond acceptors (Lipinski definition) is 3. The van der Waals surface area contributed by atoms with Gasteiger partial charge in [-0.2, -0.15) is 0 Å². The predicted octanol–water partition coefficient (Wildman–Crippen LogP) is 8.65. The van der Waals surface area contributed by atoms with Crippen molar-refractivity contribution < 1.29 is 13.6 Å². The summed E-state index contributed by atoms with van der Waals surface area (Å²) in [6.45, 7) is 1.98. The Balaban J connectivity index is 3.34. The summed E-state index contributed by atoms with van der Waals surface area (Å²) in [6.07, 6.45) is 19.7. The normalized spacial score (nSPS) is 12.0. The van der Waals surface area contributed by atoms with E-state index in [0.29, 0.717) is 13.2 Å². The highest BCUT2D eigenvalue weighted by molar-refractivity contribution is 7.81. The second-order valence-electron chi connectivity index (χ2n) is 7.05. The Bertz CT molecular complexity index is 287. The van der Waals surface area contributed by atoms with Crippen molar-refractivity contribution in [3.63, 3.8) is 0 Å². The Labute approximate surface area is 161 Å². The van der Waals surface area contributed by atoms with E-state index in [2.05, 4.69) is 13.8 Å². The minimum Gasteiger partial charge on any atom is -0.297 e. The zero-order chi connectivity index (χ0) is 18.6. The highest BCUT2D eigenvalue weighted by Gasteiger charge is 2.19. The summed E-state index contributed by atoms with van der Waals surface area (Å²) in [5.74, 6) is 0. The molecule has 5 heteroatoms. The van der Waals surface area contributed by atoms with Crippen LogP contribution in [0.3, 0.4) is 0 Å². The van der Waals surface area contributed by atoms with Crippen LogP contribution in [0, 0.1) is 0 Å². The predicted molar refractivity (Wildman–Crippen MR) is 111 cm³/mol. The van der Waals surface area contributed by atoms with Crippen LogP contribution >= 0.6 is 18.2 Å². The largest absolute Gasteiger partial charge is 0.424 e. The molecular formula is C20H42ClO3P. The van der Waals surface area contributed by atoms with Gasteiger partial charge in [0, 0.05) is 11.2 Å². The molecule has 0 radical (unpaired) electrons. The fourth-order valence-corrected chi connectivity index (χ4v) is 4.04. The summed E-state index contributed by atoms with van der Waals surface area (Å²) in [4.78, 5) is 0. The standard InChI is InChI=1S/C20H42ClO3P/c1-3-5-7-9-11-13-15-17-19-23-25(21,22)24-20-18-16-14-12-10-8-6-4-2/h3-20H2,1-2H3. The second kappa shape index (κ2) is 19.2. The molecule has 0 rings (SSSR count). The van der Waals surface area contributed by atoms with Crippen LogP contribution in [0.15, 0.2) is 0 Å². The monoisotopic (exact) mass is 396 g/mol. The lowest BCUT2D eigenvalue weighted by molar-refractivity contribution is 0.211.